The van der Waals surface area contributed by atoms with E-state index in [9.17, 15) is 0 Å². The van der Waals surface area contributed by atoms with E-state index >= 15 is 0 Å². The highest BCUT2D eigenvalue weighted by Gasteiger charge is 2.20. The molecule has 0 bridgehead atoms. The molecule has 0 aliphatic rings. The van der Waals surface area contributed by atoms with Crippen molar-refractivity contribution in [1.29, 1.82) is 0 Å². The molecule has 2 unspecified atom stereocenters. The van der Waals surface area contributed by atoms with Gasteiger partial charge in [-0.05, 0) is 19.9 Å². The molecule has 1 N–H and O–H groups in total. The van der Waals surface area contributed by atoms with Crippen molar-refractivity contribution in [3.05, 3.63) is 17.6 Å². The van der Waals surface area contributed by atoms with E-state index in [-0.39, 0.29) is 5.92 Å². The molecule has 0 aliphatic heterocycles. The van der Waals surface area contributed by atoms with Gasteiger partial charge in [0.15, 0.2) is 0 Å². The fourth-order valence-electron chi connectivity index (χ4n) is 1.61. The molecule has 0 saturated carbocycles. The molecule has 0 spiro atoms. The molecule has 0 aliphatic carbocycles. The van der Waals surface area contributed by atoms with Crippen LogP contribution in [0.25, 0.3) is 10.7 Å². The van der Waals surface area contributed by atoms with E-state index in [4.69, 9.17) is 4.52 Å². The lowest BCUT2D eigenvalue weighted by Gasteiger charge is -2.17. The molecule has 2 aromatic rings. The summed E-state index contributed by atoms with van der Waals surface area (Å²) in [6, 6.07) is 0.319. The van der Waals surface area contributed by atoms with E-state index < -0.39 is 0 Å². The Kier molecular flexibility index (Phi) is 4.43. The number of nitrogens with zero attached hydrogens (tertiary/aromatic N) is 3. The molecule has 2 atom stereocenters. The number of aromatic nitrogens is 3. The predicted octanol–water partition coefficient (Wildman–Crippen LogP) is 2.68. The number of hydrogen-bond donors (Lipinski definition) is 1. The summed E-state index contributed by atoms with van der Waals surface area (Å²) in [5.74, 6) is 1.50. The van der Waals surface area contributed by atoms with Crippen molar-refractivity contribution in [2.75, 3.05) is 6.54 Å². The molecule has 2 aromatic heterocycles. The van der Waals surface area contributed by atoms with E-state index in [0.29, 0.717) is 17.8 Å². The van der Waals surface area contributed by atoms with E-state index in [1.807, 2.05) is 0 Å². The Bertz CT molecular complexity index is 468. The highest BCUT2D eigenvalue weighted by molar-refractivity contribution is 7.13. The fourth-order valence-corrected chi connectivity index (χ4v) is 2.15. The summed E-state index contributed by atoms with van der Waals surface area (Å²) in [5.41, 5.74) is 1.76. The Balaban J connectivity index is 2.05. The number of thiazole rings is 1. The van der Waals surface area contributed by atoms with Crippen molar-refractivity contribution in [1.82, 2.24) is 20.4 Å². The first-order valence-electron chi connectivity index (χ1n) is 6.18. The molecular weight excluding hydrogens is 248 g/mol. The largest absolute Gasteiger partial charge is 0.339 e. The van der Waals surface area contributed by atoms with Crippen molar-refractivity contribution in [3.63, 3.8) is 0 Å². The molecule has 0 saturated heterocycles. The van der Waals surface area contributed by atoms with Crippen LogP contribution in [0.5, 0.6) is 0 Å². The lowest BCUT2D eigenvalue weighted by Crippen LogP contribution is -2.31. The Morgan fingerprint density at radius 2 is 2.28 bits per heavy atom. The summed E-state index contributed by atoms with van der Waals surface area (Å²) in [7, 11) is 0. The number of rotatable bonds is 6. The first-order chi connectivity index (χ1) is 8.72. The molecule has 0 aromatic carbocycles. The Labute approximate surface area is 111 Å². The van der Waals surface area contributed by atoms with Gasteiger partial charge in [0.25, 0.3) is 0 Å². The van der Waals surface area contributed by atoms with Crippen molar-refractivity contribution in [2.24, 2.45) is 0 Å². The van der Waals surface area contributed by atoms with Gasteiger partial charge < -0.3 is 9.84 Å². The van der Waals surface area contributed by atoms with Crippen LogP contribution in [0.15, 0.2) is 16.2 Å². The topological polar surface area (TPSA) is 63.8 Å². The third-order valence-corrected chi connectivity index (χ3v) is 3.72. The minimum atomic E-state index is 0.200. The van der Waals surface area contributed by atoms with Crippen LogP contribution in [-0.4, -0.2) is 27.7 Å². The molecule has 0 radical (unpaired) electrons. The van der Waals surface area contributed by atoms with Gasteiger partial charge in [0.05, 0.1) is 16.3 Å². The summed E-state index contributed by atoms with van der Waals surface area (Å²) in [6.45, 7) is 7.38. The third kappa shape index (κ3) is 2.94. The molecule has 6 heteroatoms. The minimum absolute atomic E-state index is 0.200. The zero-order valence-electron chi connectivity index (χ0n) is 10.9. The Hall–Kier alpha value is -1.27. The maximum absolute atomic E-state index is 5.33. The molecule has 0 amide bonds. The van der Waals surface area contributed by atoms with Crippen molar-refractivity contribution in [2.45, 2.75) is 39.2 Å². The van der Waals surface area contributed by atoms with Crippen molar-refractivity contribution in [3.8, 4) is 10.7 Å². The predicted molar refractivity (Wildman–Crippen MR) is 71.6 cm³/mol. The van der Waals surface area contributed by atoms with Crippen LogP contribution in [0, 0.1) is 0 Å². The second kappa shape index (κ2) is 6.06. The molecule has 5 nitrogen and oxygen atoms in total. The molecule has 98 valence electrons. The average Bonchev–Trinajstić information content (AvgIpc) is 3.04. The van der Waals surface area contributed by atoms with Gasteiger partial charge in [0.2, 0.25) is 11.7 Å². The van der Waals surface area contributed by atoms with Gasteiger partial charge in [0.1, 0.15) is 0 Å². The van der Waals surface area contributed by atoms with E-state index in [1.165, 1.54) is 11.3 Å². The SMILES string of the molecule is CCCNC(C)C(C)c1nc(-c2cncs2)no1. The second-order valence-electron chi connectivity index (χ2n) is 4.35. The fraction of sp³-hybridized carbons (Fsp3) is 0.583. The second-order valence-corrected chi connectivity index (χ2v) is 5.24. The van der Waals surface area contributed by atoms with Crippen LogP contribution in [0.1, 0.15) is 39.0 Å². The van der Waals surface area contributed by atoms with Crippen molar-refractivity contribution >= 4 is 11.3 Å². The summed E-state index contributed by atoms with van der Waals surface area (Å²) in [6.07, 6.45) is 2.87. The first-order valence-corrected chi connectivity index (χ1v) is 7.06. The van der Waals surface area contributed by atoms with E-state index in [0.717, 1.165) is 17.8 Å². The third-order valence-electron chi connectivity index (χ3n) is 2.95. The number of nitrogens with one attached hydrogen (secondary N) is 1. The summed E-state index contributed by atoms with van der Waals surface area (Å²) < 4.78 is 5.33. The normalized spacial score (nSPS) is 14.6. The minimum Gasteiger partial charge on any atom is -0.339 e. The van der Waals surface area contributed by atoms with Gasteiger partial charge >= 0.3 is 0 Å². The average molecular weight is 266 g/mol. The van der Waals surface area contributed by atoms with Gasteiger partial charge in [-0.3, -0.25) is 4.98 Å². The Morgan fingerprint density at radius 3 is 2.94 bits per heavy atom. The lowest BCUT2D eigenvalue weighted by molar-refractivity contribution is 0.331. The Morgan fingerprint density at radius 1 is 1.44 bits per heavy atom. The quantitative estimate of drug-likeness (QED) is 0.871. The summed E-state index contributed by atoms with van der Waals surface area (Å²) in [4.78, 5) is 9.38. The summed E-state index contributed by atoms with van der Waals surface area (Å²) in [5, 5.41) is 7.44. The maximum atomic E-state index is 5.33. The summed E-state index contributed by atoms with van der Waals surface area (Å²) >= 11 is 1.51. The van der Waals surface area contributed by atoms with Gasteiger partial charge in [-0.1, -0.05) is 19.0 Å². The molecule has 2 rings (SSSR count). The molecule has 2 heterocycles. The van der Waals surface area contributed by atoms with Crippen LogP contribution in [-0.2, 0) is 0 Å². The zero-order chi connectivity index (χ0) is 13.0. The van der Waals surface area contributed by atoms with Crippen molar-refractivity contribution < 1.29 is 4.52 Å². The highest BCUT2D eigenvalue weighted by Crippen LogP contribution is 2.23. The van der Waals surface area contributed by atoms with Gasteiger partial charge in [-0.2, -0.15) is 4.98 Å². The van der Waals surface area contributed by atoms with Gasteiger partial charge in [-0.15, -0.1) is 11.3 Å². The van der Waals surface area contributed by atoms with Crippen LogP contribution in [0.4, 0.5) is 0 Å². The van der Waals surface area contributed by atoms with Gasteiger partial charge in [0, 0.05) is 12.2 Å². The lowest BCUT2D eigenvalue weighted by atomic mass is 10.0. The maximum Gasteiger partial charge on any atom is 0.231 e. The first kappa shape index (κ1) is 13.2. The monoisotopic (exact) mass is 266 g/mol. The number of hydrogen-bond acceptors (Lipinski definition) is 6. The molecule has 0 fully saturated rings. The standard InChI is InChI=1S/C12H18N4OS/c1-4-5-14-9(3)8(2)12-15-11(16-17-12)10-6-13-7-18-10/h6-9,14H,4-5H2,1-3H3. The smallest absolute Gasteiger partial charge is 0.231 e. The van der Waals surface area contributed by atoms with Crippen LogP contribution >= 0.6 is 11.3 Å². The van der Waals surface area contributed by atoms with Crippen LogP contribution in [0.2, 0.25) is 0 Å². The zero-order valence-corrected chi connectivity index (χ0v) is 11.7. The van der Waals surface area contributed by atoms with Crippen LogP contribution in [0.3, 0.4) is 0 Å². The van der Waals surface area contributed by atoms with E-state index in [2.05, 4.69) is 41.2 Å². The van der Waals surface area contributed by atoms with Gasteiger partial charge in [-0.25, -0.2) is 0 Å². The van der Waals surface area contributed by atoms with Crippen LogP contribution < -0.4 is 5.32 Å². The van der Waals surface area contributed by atoms with E-state index in [1.54, 1.807) is 11.7 Å². The molecular formula is C12H18N4OS. The highest BCUT2D eigenvalue weighted by atomic mass is 32.1. The molecule has 18 heavy (non-hydrogen) atoms.